The van der Waals surface area contributed by atoms with E-state index in [9.17, 15) is 5.11 Å². The Hall–Kier alpha value is -2.28. The fourth-order valence-electron chi connectivity index (χ4n) is 3.51. The van der Waals surface area contributed by atoms with E-state index in [1.165, 1.54) is 0 Å². The number of nitrogens with zero attached hydrogens (tertiary/aromatic N) is 6. The average molecular weight is 326 g/mol. The molecule has 24 heavy (non-hydrogen) atoms. The number of aliphatic hydroxyl groups is 1. The van der Waals surface area contributed by atoms with E-state index in [1.54, 1.807) is 17.1 Å². The lowest BCUT2D eigenvalue weighted by Crippen LogP contribution is -2.24. The number of aromatic nitrogens is 6. The second-order valence-electron chi connectivity index (χ2n) is 6.72. The normalized spacial score (nSPS) is 21.7. The van der Waals surface area contributed by atoms with E-state index in [0.29, 0.717) is 0 Å². The van der Waals surface area contributed by atoms with Gasteiger partial charge in [-0.1, -0.05) is 12.8 Å². The van der Waals surface area contributed by atoms with E-state index >= 15 is 0 Å². The fraction of sp³-hybridized carbons (Fsp3) is 0.529. The summed E-state index contributed by atoms with van der Waals surface area (Å²) in [7, 11) is 0. The quantitative estimate of drug-likeness (QED) is 0.800. The largest absolute Gasteiger partial charge is 0.392 e. The summed E-state index contributed by atoms with van der Waals surface area (Å²) in [5, 5.41) is 14.6. The molecule has 2 unspecified atom stereocenters. The molecular formula is C17H22N6O. The van der Waals surface area contributed by atoms with E-state index in [4.69, 9.17) is 4.98 Å². The van der Waals surface area contributed by atoms with Crippen LogP contribution >= 0.6 is 0 Å². The van der Waals surface area contributed by atoms with E-state index in [-0.39, 0.29) is 18.1 Å². The van der Waals surface area contributed by atoms with Crippen molar-refractivity contribution >= 4 is 11.2 Å². The molecule has 1 aliphatic rings. The summed E-state index contributed by atoms with van der Waals surface area (Å²) in [6.07, 6.45) is 8.99. The van der Waals surface area contributed by atoms with Crippen LogP contribution in [0.4, 0.5) is 0 Å². The Morgan fingerprint density at radius 3 is 2.75 bits per heavy atom. The van der Waals surface area contributed by atoms with Crippen molar-refractivity contribution in [2.45, 2.75) is 57.6 Å². The summed E-state index contributed by atoms with van der Waals surface area (Å²) in [6, 6.07) is 2.06. The number of rotatable bonds is 3. The van der Waals surface area contributed by atoms with Crippen LogP contribution in [0, 0.1) is 0 Å². The molecule has 0 amide bonds. The van der Waals surface area contributed by atoms with Gasteiger partial charge in [0, 0.05) is 24.4 Å². The Labute approximate surface area is 140 Å². The highest BCUT2D eigenvalue weighted by Gasteiger charge is 2.28. The second kappa shape index (κ2) is 5.98. The smallest absolute Gasteiger partial charge is 0.233 e. The number of hydrogen-bond donors (Lipinski definition) is 1. The molecule has 3 heterocycles. The Balaban J connectivity index is 1.85. The number of hydrogen-bond acceptors (Lipinski definition) is 5. The molecule has 1 N–H and O–H groups in total. The third-order valence-electron chi connectivity index (χ3n) is 4.72. The highest BCUT2D eigenvalue weighted by molar-refractivity contribution is 5.72. The molecule has 0 bridgehead atoms. The summed E-state index contributed by atoms with van der Waals surface area (Å²) in [6.45, 7) is 4.21. The molecule has 126 valence electrons. The summed E-state index contributed by atoms with van der Waals surface area (Å²) in [4.78, 5) is 13.9. The Bertz CT molecular complexity index is 838. The number of imidazole rings is 1. The maximum atomic E-state index is 10.3. The van der Waals surface area contributed by atoms with Gasteiger partial charge in [0.2, 0.25) is 5.95 Å². The van der Waals surface area contributed by atoms with Crippen LogP contribution in [0.5, 0.6) is 0 Å². The zero-order valence-corrected chi connectivity index (χ0v) is 14.0. The van der Waals surface area contributed by atoms with Crippen LogP contribution in [0.15, 0.2) is 24.7 Å². The molecule has 7 heteroatoms. The molecule has 1 fully saturated rings. The maximum absolute atomic E-state index is 10.3. The van der Waals surface area contributed by atoms with Crippen LogP contribution in [0.2, 0.25) is 0 Å². The van der Waals surface area contributed by atoms with Gasteiger partial charge < -0.3 is 5.11 Å². The summed E-state index contributed by atoms with van der Waals surface area (Å²) < 4.78 is 3.82. The lowest BCUT2D eigenvalue weighted by Gasteiger charge is -2.26. The highest BCUT2D eigenvalue weighted by Crippen LogP contribution is 2.32. The van der Waals surface area contributed by atoms with Crippen molar-refractivity contribution < 1.29 is 5.11 Å². The van der Waals surface area contributed by atoms with Gasteiger partial charge in [0.25, 0.3) is 0 Å². The molecule has 2 atom stereocenters. The van der Waals surface area contributed by atoms with Crippen molar-refractivity contribution in [2.75, 3.05) is 0 Å². The molecule has 1 aliphatic carbocycles. The van der Waals surface area contributed by atoms with Crippen molar-refractivity contribution in [2.24, 2.45) is 0 Å². The zero-order chi connectivity index (χ0) is 16.7. The Morgan fingerprint density at radius 1 is 1.21 bits per heavy atom. The second-order valence-corrected chi connectivity index (χ2v) is 6.72. The summed E-state index contributed by atoms with van der Waals surface area (Å²) in [5.74, 6) is 1.48. The van der Waals surface area contributed by atoms with Gasteiger partial charge >= 0.3 is 0 Å². The van der Waals surface area contributed by atoms with E-state index in [1.807, 2.05) is 12.3 Å². The van der Waals surface area contributed by atoms with Gasteiger partial charge in [-0.05, 0) is 32.8 Å². The van der Waals surface area contributed by atoms with Crippen molar-refractivity contribution in [3.05, 3.63) is 30.5 Å². The maximum Gasteiger partial charge on any atom is 0.233 e. The molecule has 3 aromatic heterocycles. The molecule has 0 aliphatic heterocycles. The minimum absolute atomic E-state index is 0.0202. The van der Waals surface area contributed by atoms with Crippen LogP contribution in [-0.2, 0) is 0 Å². The topological polar surface area (TPSA) is 81.7 Å². The van der Waals surface area contributed by atoms with Gasteiger partial charge in [-0.15, -0.1) is 0 Å². The van der Waals surface area contributed by atoms with Gasteiger partial charge in [-0.2, -0.15) is 5.10 Å². The highest BCUT2D eigenvalue weighted by atomic mass is 16.3. The van der Waals surface area contributed by atoms with Crippen LogP contribution in [0.25, 0.3) is 17.1 Å². The predicted molar refractivity (Wildman–Crippen MR) is 90.0 cm³/mol. The number of fused-ring (bicyclic) bond motifs is 1. The van der Waals surface area contributed by atoms with E-state index in [0.717, 1.165) is 48.6 Å². The first kappa shape index (κ1) is 15.3. The number of aliphatic hydroxyl groups excluding tert-OH is 1. The van der Waals surface area contributed by atoms with Gasteiger partial charge in [-0.25, -0.2) is 19.6 Å². The van der Waals surface area contributed by atoms with Crippen molar-refractivity contribution in [1.82, 2.24) is 29.3 Å². The Kier molecular flexibility index (Phi) is 3.80. The van der Waals surface area contributed by atoms with Gasteiger partial charge in [0.05, 0.1) is 12.3 Å². The first-order valence-corrected chi connectivity index (χ1v) is 8.58. The van der Waals surface area contributed by atoms with Crippen molar-refractivity contribution in [3.8, 4) is 5.95 Å². The summed E-state index contributed by atoms with van der Waals surface area (Å²) >= 11 is 0. The van der Waals surface area contributed by atoms with Gasteiger partial charge in [0.1, 0.15) is 11.3 Å². The monoisotopic (exact) mass is 326 g/mol. The van der Waals surface area contributed by atoms with Crippen LogP contribution in [-0.4, -0.2) is 40.5 Å². The predicted octanol–water partition coefficient (Wildman–Crippen LogP) is 2.61. The van der Waals surface area contributed by atoms with Gasteiger partial charge in [-0.3, -0.25) is 4.57 Å². The minimum Gasteiger partial charge on any atom is -0.392 e. The lowest BCUT2D eigenvalue weighted by molar-refractivity contribution is 0.103. The first-order chi connectivity index (χ1) is 11.6. The van der Waals surface area contributed by atoms with Crippen LogP contribution < -0.4 is 0 Å². The van der Waals surface area contributed by atoms with E-state index < -0.39 is 0 Å². The van der Waals surface area contributed by atoms with Crippen LogP contribution in [0.1, 0.15) is 57.3 Å². The minimum atomic E-state index is -0.350. The molecule has 0 radical (unpaired) electrons. The standard InChI is InChI=1S/C17H22N6O/c1-11(2)23-16-13(20-17(23)22-9-5-8-19-22)10-18-15(21-16)12-6-3-4-7-14(12)24/h5,8-12,14,24H,3-4,6-7H2,1-2H3. The van der Waals surface area contributed by atoms with Crippen LogP contribution in [0.3, 0.4) is 0 Å². The zero-order valence-electron chi connectivity index (χ0n) is 14.0. The van der Waals surface area contributed by atoms with Crippen molar-refractivity contribution in [1.29, 1.82) is 0 Å². The molecule has 0 spiro atoms. The van der Waals surface area contributed by atoms with Gasteiger partial charge in [0.15, 0.2) is 5.65 Å². The SMILES string of the molecule is CC(C)n1c(-n2cccn2)nc2cnc(C3CCCCC3O)nc21. The molecule has 7 nitrogen and oxygen atoms in total. The third kappa shape index (κ3) is 2.49. The molecule has 4 rings (SSSR count). The van der Waals surface area contributed by atoms with E-state index in [2.05, 4.69) is 33.5 Å². The Morgan fingerprint density at radius 2 is 2.04 bits per heavy atom. The molecule has 1 saturated carbocycles. The average Bonchev–Trinajstić information content (AvgIpc) is 3.21. The van der Waals surface area contributed by atoms with Crippen molar-refractivity contribution in [3.63, 3.8) is 0 Å². The molecule has 0 aromatic carbocycles. The third-order valence-corrected chi connectivity index (χ3v) is 4.72. The summed E-state index contributed by atoms with van der Waals surface area (Å²) in [5.41, 5.74) is 1.56. The molecular weight excluding hydrogens is 304 g/mol. The first-order valence-electron chi connectivity index (χ1n) is 8.58. The lowest BCUT2D eigenvalue weighted by atomic mass is 9.86. The fourth-order valence-corrected chi connectivity index (χ4v) is 3.51. The molecule has 0 saturated heterocycles. The molecule has 3 aromatic rings.